The molecule has 4 nitrogen and oxygen atoms in total. The van der Waals surface area contributed by atoms with Gasteiger partial charge in [0, 0.05) is 12.2 Å². The van der Waals surface area contributed by atoms with Crippen LogP contribution in [0.25, 0.3) is 0 Å². The van der Waals surface area contributed by atoms with Crippen LogP contribution in [0.1, 0.15) is 26.3 Å². The van der Waals surface area contributed by atoms with E-state index in [0.29, 0.717) is 19.0 Å². The van der Waals surface area contributed by atoms with E-state index in [1.165, 1.54) is 0 Å². The van der Waals surface area contributed by atoms with E-state index in [9.17, 15) is 4.57 Å². The second kappa shape index (κ2) is 6.20. The van der Waals surface area contributed by atoms with Crippen LogP contribution in [0.5, 0.6) is 5.75 Å². The van der Waals surface area contributed by atoms with E-state index in [2.05, 4.69) is 0 Å². The summed E-state index contributed by atoms with van der Waals surface area (Å²) in [4.78, 5) is 0. The lowest BCUT2D eigenvalue weighted by Gasteiger charge is -2.25. The molecule has 1 atom stereocenters. The fraction of sp³-hybridized carbons (Fsp3) is 0.500. The standard InChI is InChI=1S/C11H15O4P.CH4/c1-2-7-13-9-16(12)14-8-10-5-3-4-6-11(10)15-16;/h3-6H,2,7-9H2,1H3;1H4. The number of para-hydroxylation sites is 1. The molecule has 0 radical (unpaired) electrons. The van der Waals surface area contributed by atoms with Gasteiger partial charge in [-0.15, -0.1) is 0 Å². The number of ether oxygens (including phenoxy) is 1. The number of hydrogen-bond donors (Lipinski definition) is 0. The van der Waals surface area contributed by atoms with Crippen LogP contribution in [0, 0.1) is 0 Å². The van der Waals surface area contributed by atoms with Crippen molar-refractivity contribution in [3.63, 3.8) is 0 Å². The Morgan fingerprint density at radius 2 is 2.18 bits per heavy atom. The number of fused-ring (bicyclic) bond motifs is 1. The van der Waals surface area contributed by atoms with E-state index < -0.39 is 7.60 Å². The Morgan fingerprint density at radius 1 is 1.41 bits per heavy atom. The molecule has 2 rings (SSSR count). The zero-order chi connectivity index (χ0) is 11.4. The first-order valence-corrected chi connectivity index (χ1v) is 7.05. The Hall–Kier alpha value is -0.830. The van der Waals surface area contributed by atoms with Gasteiger partial charge >= 0.3 is 7.60 Å². The minimum absolute atomic E-state index is 0. The maximum absolute atomic E-state index is 12.1. The summed E-state index contributed by atoms with van der Waals surface area (Å²) in [6.45, 7) is 2.88. The lowest BCUT2D eigenvalue weighted by Crippen LogP contribution is -2.11. The van der Waals surface area contributed by atoms with Crippen molar-refractivity contribution in [2.24, 2.45) is 0 Å². The highest BCUT2D eigenvalue weighted by Gasteiger charge is 2.31. The first kappa shape index (κ1) is 14.2. The zero-order valence-corrected chi connectivity index (χ0v) is 10.1. The molecule has 17 heavy (non-hydrogen) atoms. The van der Waals surface area contributed by atoms with Crippen LogP contribution < -0.4 is 4.52 Å². The lowest BCUT2D eigenvalue weighted by atomic mass is 10.2. The van der Waals surface area contributed by atoms with E-state index in [0.717, 1.165) is 12.0 Å². The maximum atomic E-state index is 12.1. The molecule has 96 valence electrons. The Bertz CT molecular complexity index is 405. The van der Waals surface area contributed by atoms with Crippen molar-refractivity contribution in [2.45, 2.75) is 27.4 Å². The average molecular weight is 258 g/mol. The van der Waals surface area contributed by atoms with Gasteiger partial charge in [0.1, 0.15) is 5.75 Å². The van der Waals surface area contributed by atoms with E-state index in [4.69, 9.17) is 13.8 Å². The molecule has 5 heteroatoms. The first-order valence-electron chi connectivity index (χ1n) is 5.32. The van der Waals surface area contributed by atoms with Gasteiger partial charge in [-0.25, -0.2) is 4.57 Å². The molecule has 0 bridgehead atoms. The molecule has 1 unspecified atom stereocenters. The Balaban J connectivity index is 0.00000144. The Kier molecular flexibility index (Phi) is 5.19. The third kappa shape index (κ3) is 3.56. The molecular weight excluding hydrogens is 239 g/mol. The molecule has 0 saturated carbocycles. The molecule has 0 saturated heterocycles. The molecule has 0 N–H and O–H groups in total. The lowest BCUT2D eigenvalue weighted by molar-refractivity contribution is 0.139. The van der Waals surface area contributed by atoms with Crippen molar-refractivity contribution in [1.29, 1.82) is 0 Å². The van der Waals surface area contributed by atoms with E-state index in [-0.39, 0.29) is 13.8 Å². The van der Waals surface area contributed by atoms with Crippen molar-refractivity contribution in [3.8, 4) is 5.75 Å². The van der Waals surface area contributed by atoms with Gasteiger partial charge in [-0.1, -0.05) is 32.5 Å². The second-order valence-electron chi connectivity index (χ2n) is 3.62. The summed E-state index contributed by atoms with van der Waals surface area (Å²) >= 11 is 0. The summed E-state index contributed by atoms with van der Waals surface area (Å²) in [5.74, 6) is 0.636. The van der Waals surface area contributed by atoms with E-state index in [1.54, 1.807) is 6.07 Å². The van der Waals surface area contributed by atoms with Gasteiger partial charge in [-0.2, -0.15) is 0 Å². The molecule has 1 aromatic carbocycles. The largest absolute Gasteiger partial charge is 0.422 e. The van der Waals surface area contributed by atoms with E-state index in [1.807, 2.05) is 25.1 Å². The smallest absolute Gasteiger partial charge is 0.405 e. The highest BCUT2D eigenvalue weighted by molar-refractivity contribution is 7.54. The molecule has 1 aliphatic heterocycles. The molecule has 0 fully saturated rings. The highest BCUT2D eigenvalue weighted by atomic mass is 31.2. The van der Waals surface area contributed by atoms with Crippen molar-refractivity contribution < 1.29 is 18.3 Å². The van der Waals surface area contributed by atoms with Crippen molar-refractivity contribution in [3.05, 3.63) is 29.8 Å². The second-order valence-corrected chi connectivity index (χ2v) is 5.54. The average Bonchev–Trinajstić information content (AvgIpc) is 2.29. The van der Waals surface area contributed by atoms with Gasteiger partial charge in [0.05, 0.1) is 6.61 Å². The first-order chi connectivity index (χ1) is 7.73. The van der Waals surface area contributed by atoms with Crippen LogP contribution in [0.4, 0.5) is 0 Å². The molecular formula is C12H19O4P. The van der Waals surface area contributed by atoms with Crippen LogP contribution >= 0.6 is 7.60 Å². The van der Waals surface area contributed by atoms with Gasteiger partial charge in [0.2, 0.25) is 0 Å². The topological polar surface area (TPSA) is 44.8 Å². The highest BCUT2D eigenvalue weighted by Crippen LogP contribution is 2.53. The predicted octanol–water partition coefficient (Wildman–Crippen LogP) is 3.81. The summed E-state index contributed by atoms with van der Waals surface area (Å²) in [5, 5.41) is 0. The van der Waals surface area contributed by atoms with Crippen LogP contribution in [0.3, 0.4) is 0 Å². The summed E-state index contributed by atoms with van der Waals surface area (Å²) in [7, 11) is -3.10. The minimum atomic E-state index is -3.10. The molecule has 1 heterocycles. The number of benzene rings is 1. The maximum Gasteiger partial charge on any atom is 0.405 e. The van der Waals surface area contributed by atoms with Crippen molar-refractivity contribution in [2.75, 3.05) is 13.0 Å². The van der Waals surface area contributed by atoms with Gasteiger partial charge in [0.25, 0.3) is 0 Å². The Morgan fingerprint density at radius 3 is 2.94 bits per heavy atom. The molecule has 1 aliphatic rings. The molecule has 0 aromatic heterocycles. The third-order valence-corrected chi connectivity index (χ3v) is 3.72. The summed E-state index contributed by atoms with van der Waals surface area (Å²) < 4.78 is 27.9. The molecule has 0 amide bonds. The molecule has 0 aliphatic carbocycles. The van der Waals surface area contributed by atoms with E-state index >= 15 is 0 Å². The Labute approximate surface area is 102 Å². The third-order valence-electron chi connectivity index (χ3n) is 2.22. The molecule has 1 aromatic rings. The van der Waals surface area contributed by atoms with Crippen molar-refractivity contribution >= 4 is 7.60 Å². The normalized spacial score (nSPS) is 22.2. The summed E-state index contributed by atoms with van der Waals surface area (Å²) in [6, 6.07) is 7.44. The number of rotatable bonds is 4. The summed E-state index contributed by atoms with van der Waals surface area (Å²) in [6.07, 6.45) is 0.908. The van der Waals surface area contributed by atoms with Gasteiger partial charge in [-0.05, 0) is 12.5 Å². The number of hydrogen-bond acceptors (Lipinski definition) is 4. The fourth-order valence-corrected chi connectivity index (χ4v) is 2.79. The van der Waals surface area contributed by atoms with Gasteiger partial charge in [0.15, 0.2) is 6.35 Å². The van der Waals surface area contributed by atoms with Crippen LogP contribution in [-0.4, -0.2) is 13.0 Å². The fourth-order valence-electron chi connectivity index (χ4n) is 1.44. The molecule has 0 spiro atoms. The minimum Gasteiger partial charge on any atom is -0.422 e. The van der Waals surface area contributed by atoms with Gasteiger partial charge < -0.3 is 9.26 Å². The SMILES string of the molecule is C.CCCOCP1(=O)OCc2ccccc2O1. The quantitative estimate of drug-likeness (QED) is 0.608. The van der Waals surface area contributed by atoms with Gasteiger partial charge in [-0.3, -0.25) is 4.52 Å². The summed E-state index contributed by atoms with van der Waals surface area (Å²) in [5.41, 5.74) is 0.921. The monoisotopic (exact) mass is 258 g/mol. The van der Waals surface area contributed by atoms with Crippen molar-refractivity contribution in [1.82, 2.24) is 0 Å². The predicted molar refractivity (Wildman–Crippen MR) is 67.3 cm³/mol. The van der Waals surface area contributed by atoms with Crippen LogP contribution in [-0.2, 0) is 20.4 Å². The zero-order valence-electron chi connectivity index (χ0n) is 9.22. The van der Waals surface area contributed by atoms with Crippen LogP contribution in [0.2, 0.25) is 0 Å². The van der Waals surface area contributed by atoms with Crippen LogP contribution in [0.15, 0.2) is 24.3 Å².